The van der Waals surface area contributed by atoms with Gasteiger partial charge in [-0.25, -0.2) is 4.98 Å². The van der Waals surface area contributed by atoms with Crippen molar-refractivity contribution in [3.63, 3.8) is 0 Å². The molecule has 0 bridgehead atoms. The van der Waals surface area contributed by atoms with Crippen LogP contribution in [-0.2, 0) is 18.4 Å². The first-order chi connectivity index (χ1) is 9.50. The summed E-state index contributed by atoms with van der Waals surface area (Å²) in [5.74, 6) is -0.302. The monoisotopic (exact) mass is 270 g/mol. The molecular formula is C14H14N4O2. The molecule has 1 aromatic heterocycles. The number of carbonyl (C=O) groups is 2. The van der Waals surface area contributed by atoms with E-state index in [-0.39, 0.29) is 6.54 Å². The highest BCUT2D eigenvalue weighted by Gasteiger charge is 2.38. The molecule has 0 saturated carbocycles. The van der Waals surface area contributed by atoms with Crippen LogP contribution in [0.1, 0.15) is 27.3 Å². The number of hydrogen-bond acceptors (Lipinski definition) is 4. The SMILES string of the molecule is Cc1ccc(C)c2c1C(=O)C(=O)N2Cc1ncnn1C. The van der Waals surface area contributed by atoms with E-state index in [1.165, 1.54) is 11.2 Å². The summed E-state index contributed by atoms with van der Waals surface area (Å²) in [5, 5.41) is 3.98. The molecule has 0 aliphatic carbocycles. The van der Waals surface area contributed by atoms with E-state index in [9.17, 15) is 9.59 Å². The maximum Gasteiger partial charge on any atom is 0.299 e. The van der Waals surface area contributed by atoms with Gasteiger partial charge in [0.05, 0.1) is 17.8 Å². The zero-order valence-corrected chi connectivity index (χ0v) is 11.5. The van der Waals surface area contributed by atoms with Crippen molar-refractivity contribution in [2.45, 2.75) is 20.4 Å². The molecule has 3 rings (SSSR count). The quantitative estimate of drug-likeness (QED) is 0.768. The van der Waals surface area contributed by atoms with Gasteiger partial charge in [0, 0.05) is 7.05 Å². The van der Waals surface area contributed by atoms with Crippen molar-refractivity contribution in [3.05, 3.63) is 41.0 Å². The van der Waals surface area contributed by atoms with Crippen LogP contribution >= 0.6 is 0 Å². The zero-order valence-electron chi connectivity index (χ0n) is 11.5. The molecule has 1 aliphatic heterocycles. The lowest BCUT2D eigenvalue weighted by atomic mass is 10.0. The first-order valence-electron chi connectivity index (χ1n) is 6.30. The highest BCUT2D eigenvalue weighted by molar-refractivity contribution is 6.52. The molecule has 0 atom stereocenters. The second-order valence-corrected chi connectivity index (χ2v) is 4.94. The molecule has 0 saturated heterocycles. The van der Waals surface area contributed by atoms with Crippen LogP contribution in [0.5, 0.6) is 0 Å². The Hall–Kier alpha value is -2.50. The van der Waals surface area contributed by atoms with E-state index in [4.69, 9.17) is 0 Å². The predicted octanol–water partition coefficient (Wildman–Crippen LogP) is 1.16. The molecule has 2 heterocycles. The molecule has 0 N–H and O–H groups in total. The molecule has 2 aromatic rings. The van der Waals surface area contributed by atoms with E-state index in [0.29, 0.717) is 17.1 Å². The van der Waals surface area contributed by atoms with Crippen LogP contribution in [0.3, 0.4) is 0 Å². The van der Waals surface area contributed by atoms with Crippen molar-refractivity contribution in [1.82, 2.24) is 14.8 Å². The topological polar surface area (TPSA) is 68.1 Å². The average Bonchev–Trinajstić information content (AvgIpc) is 2.92. The van der Waals surface area contributed by atoms with Gasteiger partial charge >= 0.3 is 0 Å². The smallest absolute Gasteiger partial charge is 0.297 e. The van der Waals surface area contributed by atoms with E-state index in [1.807, 2.05) is 26.0 Å². The Bertz CT molecular complexity index is 733. The highest BCUT2D eigenvalue weighted by atomic mass is 16.2. The van der Waals surface area contributed by atoms with Gasteiger partial charge in [-0.3, -0.25) is 19.2 Å². The number of ketones is 1. The predicted molar refractivity (Wildman–Crippen MR) is 72.4 cm³/mol. The van der Waals surface area contributed by atoms with E-state index in [1.54, 1.807) is 11.7 Å². The maximum absolute atomic E-state index is 12.2. The molecule has 0 spiro atoms. The van der Waals surface area contributed by atoms with Gasteiger partial charge in [0.25, 0.3) is 11.7 Å². The minimum Gasteiger partial charge on any atom is -0.297 e. The number of anilines is 1. The van der Waals surface area contributed by atoms with Crippen molar-refractivity contribution in [2.24, 2.45) is 7.05 Å². The van der Waals surface area contributed by atoms with Gasteiger partial charge in [-0.15, -0.1) is 0 Å². The number of aryl methyl sites for hydroxylation is 3. The van der Waals surface area contributed by atoms with Gasteiger partial charge in [0.15, 0.2) is 0 Å². The van der Waals surface area contributed by atoms with Crippen molar-refractivity contribution >= 4 is 17.4 Å². The molecule has 20 heavy (non-hydrogen) atoms. The van der Waals surface area contributed by atoms with E-state index in [2.05, 4.69) is 10.1 Å². The minimum absolute atomic E-state index is 0.248. The van der Waals surface area contributed by atoms with Gasteiger partial charge in [0.1, 0.15) is 12.2 Å². The fourth-order valence-corrected chi connectivity index (χ4v) is 2.52. The molecule has 0 unspecified atom stereocenters. The fourth-order valence-electron chi connectivity index (χ4n) is 2.52. The summed E-state index contributed by atoms with van der Waals surface area (Å²) in [6.07, 6.45) is 1.43. The number of amides is 1. The molecule has 102 valence electrons. The lowest BCUT2D eigenvalue weighted by molar-refractivity contribution is -0.114. The Labute approximate surface area is 116 Å². The second kappa shape index (κ2) is 4.26. The van der Waals surface area contributed by atoms with Gasteiger partial charge in [0.2, 0.25) is 0 Å². The standard InChI is InChI=1S/C14H14N4O2/c1-8-4-5-9(2)12-11(8)13(19)14(20)18(12)6-10-15-7-16-17(10)3/h4-5,7H,6H2,1-3H3. The van der Waals surface area contributed by atoms with Crippen molar-refractivity contribution in [2.75, 3.05) is 4.90 Å². The summed E-state index contributed by atoms with van der Waals surface area (Å²) in [6, 6.07) is 3.79. The first-order valence-corrected chi connectivity index (χ1v) is 6.30. The molecule has 6 heteroatoms. The van der Waals surface area contributed by atoms with Crippen LogP contribution in [0, 0.1) is 13.8 Å². The maximum atomic E-state index is 12.2. The van der Waals surface area contributed by atoms with Gasteiger partial charge in [-0.1, -0.05) is 12.1 Å². The van der Waals surface area contributed by atoms with E-state index < -0.39 is 11.7 Å². The number of rotatable bonds is 2. The lowest BCUT2D eigenvalue weighted by Crippen LogP contribution is -2.30. The number of fused-ring (bicyclic) bond motifs is 1. The summed E-state index contributed by atoms with van der Waals surface area (Å²) in [6.45, 7) is 3.99. The van der Waals surface area contributed by atoms with E-state index >= 15 is 0 Å². The Morgan fingerprint density at radius 1 is 1.15 bits per heavy atom. The third kappa shape index (κ3) is 1.65. The molecule has 6 nitrogen and oxygen atoms in total. The summed E-state index contributed by atoms with van der Waals surface area (Å²) in [5.41, 5.74) is 2.94. The molecular weight excluding hydrogens is 256 g/mol. The molecule has 1 amide bonds. The number of benzene rings is 1. The van der Waals surface area contributed by atoms with Crippen LogP contribution < -0.4 is 4.90 Å². The molecule has 1 aromatic carbocycles. The Balaban J connectivity index is 2.11. The number of Topliss-reactive ketones (excluding diaryl/α,β-unsaturated/α-hetero) is 1. The van der Waals surface area contributed by atoms with Crippen LogP contribution in [0.2, 0.25) is 0 Å². The van der Waals surface area contributed by atoms with Crippen LogP contribution in [0.4, 0.5) is 5.69 Å². The number of carbonyl (C=O) groups excluding carboxylic acids is 2. The first kappa shape index (κ1) is 12.5. The number of hydrogen-bond donors (Lipinski definition) is 0. The largest absolute Gasteiger partial charge is 0.299 e. The average molecular weight is 270 g/mol. The van der Waals surface area contributed by atoms with Crippen LogP contribution in [-0.4, -0.2) is 26.5 Å². The highest BCUT2D eigenvalue weighted by Crippen LogP contribution is 2.35. The summed E-state index contributed by atoms with van der Waals surface area (Å²) < 4.78 is 1.60. The summed E-state index contributed by atoms with van der Waals surface area (Å²) in [7, 11) is 1.76. The normalized spacial score (nSPS) is 14.1. The molecule has 1 aliphatic rings. The van der Waals surface area contributed by atoms with Crippen LogP contribution in [0.15, 0.2) is 18.5 Å². The molecule has 0 fully saturated rings. The fraction of sp³-hybridized carbons (Fsp3) is 0.286. The van der Waals surface area contributed by atoms with Gasteiger partial charge in [-0.2, -0.15) is 5.10 Å². The minimum atomic E-state index is -0.500. The number of aromatic nitrogens is 3. The van der Waals surface area contributed by atoms with Crippen LogP contribution in [0.25, 0.3) is 0 Å². The third-order valence-electron chi connectivity index (χ3n) is 3.63. The second-order valence-electron chi connectivity index (χ2n) is 4.94. The Morgan fingerprint density at radius 3 is 2.50 bits per heavy atom. The summed E-state index contributed by atoms with van der Waals surface area (Å²) in [4.78, 5) is 30.0. The van der Waals surface area contributed by atoms with Gasteiger partial charge < -0.3 is 0 Å². The van der Waals surface area contributed by atoms with Gasteiger partial charge in [-0.05, 0) is 25.0 Å². The van der Waals surface area contributed by atoms with E-state index in [0.717, 1.165) is 11.1 Å². The Kier molecular flexibility index (Phi) is 2.67. The Morgan fingerprint density at radius 2 is 1.85 bits per heavy atom. The van der Waals surface area contributed by atoms with Crippen molar-refractivity contribution in [1.29, 1.82) is 0 Å². The third-order valence-corrected chi connectivity index (χ3v) is 3.63. The van der Waals surface area contributed by atoms with Crippen molar-refractivity contribution in [3.8, 4) is 0 Å². The zero-order chi connectivity index (χ0) is 14.4. The lowest BCUT2D eigenvalue weighted by Gasteiger charge is -2.18. The summed E-state index contributed by atoms with van der Waals surface area (Å²) >= 11 is 0. The molecule has 0 radical (unpaired) electrons. The van der Waals surface area contributed by atoms with Crippen molar-refractivity contribution < 1.29 is 9.59 Å². The number of nitrogens with zero attached hydrogens (tertiary/aromatic N) is 4.